The van der Waals surface area contributed by atoms with Crippen LogP contribution in [0, 0.1) is 5.41 Å². The van der Waals surface area contributed by atoms with Crippen LogP contribution in [0.5, 0.6) is 0 Å². The van der Waals surface area contributed by atoms with Crippen molar-refractivity contribution in [2.45, 2.75) is 62.7 Å². The van der Waals surface area contributed by atoms with Crippen LogP contribution in [0.15, 0.2) is 0 Å². The fourth-order valence-corrected chi connectivity index (χ4v) is 4.24. The third kappa shape index (κ3) is 4.80. The molecule has 21 heavy (non-hydrogen) atoms. The van der Waals surface area contributed by atoms with Crippen molar-refractivity contribution in [3.63, 3.8) is 0 Å². The molecule has 2 atom stereocenters. The zero-order chi connectivity index (χ0) is 15.3. The molecule has 0 aliphatic heterocycles. The maximum absolute atomic E-state index is 12.0. The smallest absolute Gasteiger partial charge is 0.315 e. The SMILES string of the molecule is CSC1CCCC(NC(=O)NCC2(CC(=O)O)CCC2)C1. The minimum atomic E-state index is -0.771. The number of carboxylic acids is 1. The summed E-state index contributed by atoms with van der Waals surface area (Å²) in [6, 6.07) is 0.117. The van der Waals surface area contributed by atoms with Gasteiger partial charge in [0.2, 0.25) is 0 Å². The van der Waals surface area contributed by atoms with E-state index in [0.29, 0.717) is 11.8 Å². The fraction of sp³-hybridized carbons (Fsp3) is 0.867. The molecule has 120 valence electrons. The van der Waals surface area contributed by atoms with E-state index in [1.165, 1.54) is 12.8 Å². The molecule has 0 spiro atoms. The molecular formula is C15H26N2O3S. The van der Waals surface area contributed by atoms with E-state index in [-0.39, 0.29) is 23.9 Å². The van der Waals surface area contributed by atoms with Gasteiger partial charge in [-0.2, -0.15) is 11.8 Å². The van der Waals surface area contributed by atoms with Gasteiger partial charge in [0.1, 0.15) is 0 Å². The van der Waals surface area contributed by atoms with Crippen LogP contribution in [0.1, 0.15) is 51.4 Å². The van der Waals surface area contributed by atoms with Gasteiger partial charge in [0, 0.05) is 17.8 Å². The minimum absolute atomic E-state index is 0.140. The van der Waals surface area contributed by atoms with Gasteiger partial charge in [-0.15, -0.1) is 0 Å². The van der Waals surface area contributed by atoms with Crippen LogP contribution in [0.2, 0.25) is 0 Å². The second-order valence-electron chi connectivity index (χ2n) is 6.47. The first-order valence-electron chi connectivity index (χ1n) is 7.82. The summed E-state index contributed by atoms with van der Waals surface area (Å²) in [6.45, 7) is 0.476. The van der Waals surface area contributed by atoms with Gasteiger partial charge in [-0.3, -0.25) is 4.79 Å². The van der Waals surface area contributed by atoms with Gasteiger partial charge in [-0.25, -0.2) is 4.79 Å². The summed E-state index contributed by atoms with van der Waals surface area (Å²) in [5.74, 6) is -0.771. The molecule has 2 amide bonds. The van der Waals surface area contributed by atoms with Crippen LogP contribution in [-0.4, -0.2) is 41.2 Å². The first-order valence-corrected chi connectivity index (χ1v) is 9.11. The van der Waals surface area contributed by atoms with E-state index >= 15 is 0 Å². The van der Waals surface area contributed by atoms with Gasteiger partial charge in [-0.05, 0) is 43.8 Å². The quantitative estimate of drug-likeness (QED) is 0.704. The van der Waals surface area contributed by atoms with Gasteiger partial charge in [0.05, 0.1) is 6.42 Å². The molecule has 0 radical (unpaired) electrons. The van der Waals surface area contributed by atoms with Gasteiger partial charge in [0.25, 0.3) is 0 Å². The molecule has 0 aromatic heterocycles. The number of carboxylic acid groups (broad SMARTS) is 1. The third-order valence-corrected chi connectivity index (χ3v) is 5.95. The first kappa shape index (κ1) is 16.5. The normalized spacial score (nSPS) is 27.5. The number of aliphatic carboxylic acids is 1. The summed E-state index contributed by atoms with van der Waals surface area (Å²) >= 11 is 1.88. The summed E-state index contributed by atoms with van der Waals surface area (Å²) in [5.41, 5.74) is -0.211. The molecule has 3 N–H and O–H groups in total. The van der Waals surface area contributed by atoms with E-state index in [1.807, 2.05) is 11.8 Å². The van der Waals surface area contributed by atoms with Gasteiger partial charge in [-0.1, -0.05) is 12.8 Å². The van der Waals surface area contributed by atoms with Crippen LogP contribution in [0.4, 0.5) is 4.79 Å². The average Bonchev–Trinajstić information content (AvgIpc) is 2.41. The Labute approximate surface area is 130 Å². The van der Waals surface area contributed by atoms with Crippen molar-refractivity contribution in [1.82, 2.24) is 10.6 Å². The number of rotatable bonds is 6. The van der Waals surface area contributed by atoms with Crippen LogP contribution in [-0.2, 0) is 4.79 Å². The van der Waals surface area contributed by atoms with E-state index in [2.05, 4.69) is 16.9 Å². The third-order valence-electron chi connectivity index (χ3n) is 4.86. The second-order valence-corrected chi connectivity index (χ2v) is 7.61. The Hall–Kier alpha value is -0.910. The monoisotopic (exact) mass is 314 g/mol. The number of thioether (sulfide) groups is 1. The predicted octanol–water partition coefficient (Wildman–Crippen LogP) is 2.60. The number of carbonyl (C=O) groups excluding carboxylic acids is 1. The average molecular weight is 314 g/mol. The van der Waals surface area contributed by atoms with Crippen LogP contribution < -0.4 is 10.6 Å². The molecule has 2 aliphatic carbocycles. The fourth-order valence-electron chi connectivity index (χ4n) is 3.41. The highest BCUT2D eigenvalue weighted by atomic mass is 32.2. The molecule has 0 aromatic rings. The molecule has 0 bridgehead atoms. The van der Waals surface area contributed by atoms with Gasteiger partial charge in [0.15, 0.2) is 0 Å². The Morgan fingerprint density at radius 1 is 1.29 bits per heavy atom. The van der Waals surface area contributed by atoms with Crippen molar-refractivity contribution in [3.05, 3.63) is 0 Å². The molecule has 0 aromatic carbocycles. The van der Waals surface area contributed by atoms with Crippen molar-refractivity contribution in [3.8, 4) is 0 Å². The number of hydrogen-bond acceptors (Lipinski definition) is 3. The Morgan fingerprint density at radius 3 is 2.62 bits per heavy atom. The summed E-state index contributed by atoms with van der Waals surface area (Å²) in [5, 5.41) is 15.6. The molecule has 2 fully saturated rings. The Balaban J connectivity index is 1.73. The molecule has 6 heteroatoms. The van der Waals surface area contributed by atoms with Crippen molar-refractivity contribution >= 4 is 23.8 Å². The standard InChI is InChI=1S/C15H26N2O3S/c1-21-12-5-2-4-11(8-12)17-14(20)16-10-15(6-3-7-15)9-13(18)19/h11-12H,2-10H2,1H3,(H,18,19)(H2,16,17,20). The Kier molecular flexibility index (Phi) is 5.79. The van der Waals surface area contributed by atoms with Gasteiger partial charge < -0.3 is 15.7 Å². The maximum Gasteiger partial charge on any atom is 0.315 e. The largest absolute Gasteiger partial charge is 0.481 e. The maximum atomic E-state index is 12.0. The number of amides is 2. The summed E-state index contributed by atoms with van der Waals surface area (Å²) in [6.07, 6.45) is 9.63. The van der Waals surface area contributed by atoms with E-state index in [4.69, 9.17) is 5.11 Å². The highest BCUT2D eigenvalue weighted by Gasteiger charge is 2.39. The van der Waals surface area contributed by atoms with Crippen LogP contribution >= 0.6 is 11.8 Å². The minimum Gasteiger partial charge on any atom is -0.481 e. The Bertz CT molecular complexity index is 385. The molecule has 2 saturated carbocycles. The van der Waals surface area contributed by atoms with Crippen LogP contribution in [0.25, 0.3) is 0 Å². The van der Waals surface area contributed by atoms with E-state index in [9.17, 15) is 9.59 Å². The van der Waals surface area contributed by atoms with Crippen molar-refractivity contribution in [1.29, 1.82) is 0 Å². The zero-order valence-electron chi connectivity index (χ0n) is 12.7. The lowest BCUT2D eigenvalue weighted by molar-refractivity contribution is -0.141. The molecule has 2 unspecified atom stereocenters. The summed E-state index contributed by atoms with van der Waals surface area (Å²) in [7, 11) is 0. The van der Waals surface area contributed by atoms with E-state index in [0.717, 1.165) is 32.1 Å². The zero-order valence-corrected chi connectivity index (χ0v) is 13.5. The number of nitrogens with one attached hydrogen (secondary N) is 2. The highest BCUT2D eigenvalue weighted by molar-refractivity contribution is 7.99. The number of hydrogen-bond donors (Lipinski definition) is 3. The molecule has 0 heterocycles. The molecule has 0 saturated heterocycles. The van der Waals surface area contributed by atoms with Crippen molar-refractivity contribution in [2.24, 2.45) is 5.41 Å². The van der Waals surface area contributed by atoms with E-state index < -0.39 is 5.97 Å². The molecular weight excluding hydrogens is 288 g/mol. The lowest BCUT2D eigenvalue weighted by atomic mass is 9.66. The van der Waals surface area contributed by atoms with Crippen molar-refractivity contribution in [2.75, 3.05) is 12.8 Å². The first-order chi connectivity index (χ1) is 10.0. The second kappa shape index (κ2) is 7.38. The van der Waals surface area contributed by atoms with Crippen LogP contribution in [0.3, 0.4) is 0 Å². The predicted molar refractivity (Wildman–Crippen MR) is 84.6 cm³/mol. The van der Waals surface area contributed by atoms with Gasteiger partial charge >= 0.3 is 12.0 Å². The highest BCUT2D eigenvalue weighted by Crippen LogP contribution is 2.43. The van der Waals surface area contributed by atoms with E-state index in [1.54, 1.807) is 0 Å². The summed E-state index contributed by atoms with van der Waals surface area (Å²) in [4.78, 5) is 22.9. The Morgan fingerprint density at radius 2 is 2.05 bits per heavy atom. The van der Waals surface area contributed by atoms with Crippen molar-refractivity contribution < 1.29 is 14.7 Å². The molecule has 2 rings (SSSR count). The molecule has 2 aliphatic rings. The number of urea groups is 1. The summed E-state index contributed by atoms with van der Waals surface area (Å²) < 4.78 is 0. The lowest BCUT2D eigenvalue weighted by Crippen LogP contribution is -2.49. The number of carbonyl (C=O) groups is 2. The topological polar surface area (TPSA) is 78.4 Å². The molecule has 5 nitrogen and oxygen atoms in total. The lowest BCUT2D eigenvalue weighted by Gasteiger charge is -2.41.